The summed E-state index contributed by atoms with van der Waals surface area (Å²) in [6.45, 7) is 8.30. The van der Waals surface area contributed by atoms with Gasteiger partial charge in [0.1, 0.15) is 22.2 Å². The third-order valence-corrected chi connectivity index (χ3v) is 7.74. The van der Waals surface area contributed by atoms with E-state index < -0.39 is 0 Å². The number of hydrogen-bond donors (Lipinski definition) is 0. The van der Waals surface area contributed by atoms with Gasteiger partial charge in [-0.25, -0.2) is 9.97 Å². The molecule has 0 unspecified atom stereocenters. The van der Waals surface area contributed by atoms with E-state index in [0.717, 1.165) is 48.2 Å². The van der Waals surface area contributed by atoms with Crippen LogP contribution < -0.4 is 9.64 Å². The first kappa shape index (κ1) is 19.4. The van der Waals surface area contributed by atoms with E-state index in [1.165, 1.54) is 16.0 Å². The second kappa shape index (κ2) is 7.58. The number of rotatable bonds is 3. The molecular weight excluding hydrogens is 392 g/mol. The van der Waals surface area contributed by atoms with Crippen LogP contribution in [0.5, 0.6) is 5.75 Å². The number of benzene rings is 1. The molecule has 1 spiro atoms. The highest BCUT2D eigenvalue weighted by Crippen LogP contribution is 2.49. The number of pyridine rings is 1. The molecule has 1 fully saturated rings. The summed E-state index contributed by atoms with van der Waals surface area (Å²) in [5.74, 6) is 2.43. The predicted octanol–water partition coefficient (Wildman–Crippen LogP) is 5.17. The standard InChI is InChI=1S/C24H26N4OS/c1-16-18(3)25-11-8-21(16)30-23-15-26-22(14-27-23)28-12-9-24(10-13-28)17(2)19-6-4-5-7-20(19)29-24/h4-8,11,14-15,17H,9-10,12-13H2,1-3H3/t17-/m1/s1. The van der Waals surface area contributed by atoms with Crippen molar-refractivity contribution >= 4 is 17.6 Å². The Hall–Kier alpha value is -2.60. The lowest BCUT2D eigenvalue weighted by Crippen LogP contribution is -2.49. The van der Waals surface area contributed by atoms with Crippen LogP contribution in [0.4, 0.5) is 5.82 Å². The van der Waals surface area contributed by atoms with Crippen molar-refractivity contribution in [2.24, 2.45) is 0 Å². The number of aromatic nitrogens is 3. The van der Waals surface area contributed by atoms with Crippen molar-refractivity contribution in [1.29, 1.82) is 0 Å². The number of piperidine rings is 1. The van der Waals surface area contributed by atoms with Crippen LogP contribution in [0.15, 0.2) is 58.8 Å². The van der Waals surface area contributed by atoms with Crippen molar-refractivity contribution in [3.63, 3.8) is 0 Å². The number of ether oxygens (including phenoxy) is 1. The molecule has 1 aromatic carbocycles. The first-order chi connectivity index (χ1) is 14.6. The molecule has 30 heavy (non-hydrogen) atoms. The second-order valence-corrected chi connectivity index (χ2v) is 9.31. The molecular formula is C24H26N4OS. The molecule has 1 saturated heterocycles. The van der Waals surface area contributed by atoms with Gasteiger partial charge < -0.3 is 9.64 Å². The number of hydrogen-bond acceptors (Lipinski definition) is 6. The lowest BCUT2D eigenvalue weighted by atomic mass is 9.79. The maximum Gasteiger partial charge on any atom is 0.147 e. The van der Waals surface area contributed by atoms with Gasteiger partial charge in [-0.3, -0.25) is 4.98 Å². The smallest absolute Gasteiger partial charge is 0.147 e. The van der Waals surface area contributed by atoms with Crippen LogP contribution in [0.1, 0.15) is 42.5 Å². The average Bonchev–Trinajstić information content (AvgIpc) is 3.04. The minimum Gasteiger partial charge on any atom is -0.486 e. The van der Waals surface area contributed by atoms with Crippen molar-refractivity contribution in [2.75, 3.05) is 18.0 Å². The fraction of sp³-hybridized carbons (Fsp3) is 0.375. The molecule has 4 heterocycles. The summed E-state index contributed by atoms with van der Waals surface area (Å²) in [5, 5.41) is 0.907. The number of fused-ring (bicyclic) bond motifs is 1. The Morgan fingerprint density at radius 3 is 2.57 bits per heavy atom. The van der Waals surface area contributed by atoms with Crippen LogP contribution in [0, 0.1) is 13.8 Å². The van der Waals surface area contributed by atoms with Crippen molar-refractivity contribution in [3.8, 4) is 5.75 Å². The van der Waals surface area contributed by atoms with Gasteiger partial charge >= 0.3 is 0 Å². The maximum absolute atomic E-state index is 6.47. The molecule has 0 amide bonds. The molecule has 0 radical (unpaired) electrons. The van der Waals surface area contributed by atoms with Crippen LogP contribution in [0.3, 0.4) is 0 Å². The van der Waals surface area contributed by atoms with E-state index in [1.54, 1.807) is 11.8 Å². The third kappa shape index (κ3) is 3.33. The van der Waals surface area contributed by atoms with E-state index in [2.05, 4.69) is 53.0 Å². The summed E-state index contributed by atoms with van der Waals surface area (Å²) in [4.78, 5) is 17.2. The number of anilines is 1. The number of para-hydroxylation sites is 1. The van der Waals surface area contributed by atoms with Crippen molar-refractivity contribution in [3.05, 3.63) is 65.7 Å². The Bertz CT molecular complexity index is 1060. The molecule has 0 saturated carbocycles. The van der Waals surface area contributed by atoms with Crippen LogP contribution in [-0.2, 0) is 0 Å². The Morgan fingerprint density at radius 2 is 1.83 bits per heavy atom. The molecule has 2 aliphatic heterocycles. The van der Waals surface area contributed by atoms with E-state index in [-0.39, 0.29) is 5.60 Å². The third-order valence-electron chi connectivity index (χ3n) is 6.66. The Labute approximate surface area is 181 Å². The van der Waals surface area contributed by atoms with Gasteiger partial charge in [-0.15, -0.1) is 0 Å². The Balaban J connectivity index is 1.26. The molecule has 0 bridgehead atoms. The van der Waals surface area contributed by atoms with Crippen LogP contribution in [0.2, 0.25) is 0 Å². The fourth-order valence-corrected chi connectivity index (χ4v) is 5.40. The van der Waals surface area contributed by atoms with Gasteiger partial charge in [0, 0.05) is 54.2 Å². The number of aryl methyl sites for hydroxylation is 1. The second-order valence-electron chi connectivity index (χ2n) is 8.25. The maximum atomic E-state index is 6.47. The summed E-state index contributed by atoms with van der Waals surface area (Å²) < 4.78 is 6.47. The predicted molar refractivity (Wildman–Crippen MR) is 120 cm³/mol. The van der Waals surface area contributed by atoms with E-state index in [9.17, 15) is 0 Å². The van der Waals surface area contributed by atoms with Crippen molar-refractivity contribution in [1.82, 2.24) is 15.0 Å². The largest absolute Gasteiger partial charge is 0.486 e. The normalized spacial score (nSPS) is 19.6. The van der Waals surface area contributed by atoms with Gasteiger partial charge in [-0.2, -0.15) is 0 Å². The van der Waals surface area contributed by atoms with Crippen LogP contribution >= 0.6 is 11.8 Å². The monoisotopic (exact) mass is 418 g/mol. The van der Waals surface area contributed by atoms with E-state index in [0.29, 0.717) is 5.92 Å². The Morgan fingerprint density at radius 1 is 1.03 bits per heavy atom. The van der Waals surface area contributed by atoms with E-state index in [1.807, 2.05) is 31.6 Å². The van der Waals surface area contributed by atoms with Gasteiger partial charge in [0.2, 0.25) is 0 Å². The summed E-state index contributed by atoms with van der Waals surface area (Å²) in [6.07, 6.45) is 7.62. The summed E-state index contributed by atoms with van der Waals surface area (Å²) in [6, 6.07) is 10.5. The highest BCUT2D eigenvalue weighted by molar-refractivity contribution is 7.99. The minimum absolute atomic E-state index is 0.0832. The zero-order chi connectivity index (χ0) is 20.7. The minimum atomic E-state index is -0.0832. The molecule has 3 aromatic rings. The molecule has 2 aliphatic rings. The SMILES string of the molecule is Cc1nccc(Sc2cnc(N3CCC4(CC3)Oc3ccccc3[C@H]4C)cn2)c1C. The quantitative estimate of drug-likeness (QED) is 0.584. The van der Waals surface area contributed by atoms with E-state index in [4.69, 9.17) is 9.72 Å². The highest BCUT2D eigenvalue weighted by atomic mass is 32.2. The van der Waals surface area contributed by atoms with Crippen molar-refractivity contribution < 1.29 is 4.74 Å². The molecule has 5 rings (SSSR count). The molecule has 154 valence electrons. The van der Waals surface area contributed by atoms with Gasteiger partial charge in [0.15, 0.2) is 0 Å². The van der Waals surface area contributed by atoms with Crippen LogP contribution in [0.25, 0.3) is 0 Å². The number of nitrogens with zero attached hydrogens (tertiary/aromatic N) is 4. The lowest BCUT2D eigenvalue weighted by molar-refractivity contribution is 0.0464. The summed E-state index contributed by atoms with van der Waals surface area (Å²) in [7, 11) is 0. The van der Waals surface area contributed by atoms with Gasteiger partial charge in [0.25, 0.3) is 0 Å². The van der Waals surface area contributed by atoms with Crippen LogP contribution in [-0.4, -0.2) is 33.6 Å². The first-order valence-corrected chi connectivity index (χ1v) is 11.3. The Kier molecular flexibility index (Phi) is 4.89. The topological polar surface area (TPSA) is 51.1 Å². The zero-order valence-corrected chi connectivity index (χ0v) is 18.4. The molecule has 5 nitrogen and oxygen atoms in total. The first-order valence-electron chi connectivity index (χ1n) is 10.5. The lowest BCUT2D eigenvalue weighted by Gasteiger charge is -2.41. The summed E-state index contributed by atoms with van der Waals surface area (Å²) in [5.41, 5.74) is 3.51. The van der Waals surface area contributed by atoms with E-state index >= 15 is 0 Å². The van der Waals surface area contributed by atoms with Gasteiger partial charge in [-0.1, -0.05) is 36.9 Å². The van der Waals surface area contributed by atoms with Gasteiger partial charge in [-0.05, 0) is 31.5 Å². The average molecular weight is 419 g/mol. The summed E-state index contributed by atoms with van der Waals surface area (Å²) >= 11 is 1.64. The molecule has 6 heteroatoms. The molecule has 0 aliphatic carbocycles. The highest BCUT2D eigenvalue weighted by Gasteiger charge is 2.47. The van der Waals surface area contributed by atoms with Gasteiger partial charge in [0.05, 0.1) is 12.4 Å². The molecule has 0 N–H and O–H groups in total. The molecule has 2 aromatic heterocycles. The fourth-order valence-electron chi connectivity index (χ4n) is 4.54. The zero-order valence-electron chi connectivity index (χ0n) is 17.6. The van der Waals surface area contributed by atoms with Crippen molar-refractivity contribution in [2.45, 2.75) is 55.1 Å². The molecule has 1 atom stereocenters.